The first-order valence-corrected chi connectivity index (χ1v) is 8.82. The van der Waals surface area contributed by atoms with Crippen molar-refractivity contribution >= 4 is 46.4 Å². The lowest BCUT2D eigenvalue weighted by Crippen LogP contribution is -2.12. The van der Waals surface area contributed by atoms with Crippen LogP contribution in [0.5, 0.6) is 0 Å². The van der Waals surface area contributed by atoms with Crippen molar-refractivity contribution in [2.24, 2.45) is 0 Å². The zero-order chi connectivity index (χ0) is 19.6. The topological polar surface area (TPSA) is 55.1 Å². The predicted octanol–water partition coefficient (Wildman–Crippen LogP) is 6.15. The average Bonchev–Trinajstić information content (AvgIpc) is 3.06. The molecule has 0 fully saturated rings. The van der Waals surface area contributed by atoms with Gasteiger partial charge in [-0.05, 0) is 24.3 Å². The van der Waals surface area contributed by atoms with E-state index in [1.807, 2.05) is 0 Å². The zero-order valence-corrected chi connectivity index (χ0v) is 15.8. The molecule has 0 saturated carbocycles. The summed E-state index contributed by atoms with van der Waals surface area (Å²) in [4.78, 5) is 16.0. The molecule has 27 heavy (non-hydrogen) atoms. The van der Waals surface area contributed by atoms with Crippen LogP contribution in [0.15, 0.2) is 40.9 Å². The summed E-state index contributed by atoms with van der Waals surface area (Å²) >= 11 is 17.7. The van der Waals surface area contributed by atoms with Gasteiger partial charge in [0, 0.05) is 12.8 Å². The van der Waals surface area contributed by atoms with E-state index in [-0.39, 0.29) is 51.0 Å². The molecule has 0 bridgehead atoms. The first-order valence-electron chi connectivity index (χ1n) is 7.68. The van der Waals surface area contributed by atoms with Gasteiger partial charge in [-0.15, -0.1) is 0 Å². The van der Waals surface area contributed by atoms with Crippen LogP contribution in [-0.4, -0.2) is 10.9 Å². The molecule has 0 aliphatic heterocycles. The molecule has 2 aromatic carbocycles. The van der Waals surface area contributed by atoms with Gasteiger partial charge in [0.25, 0.3) is 0 Å². The number of anilines is 1. The molecule has 4 nitrogen and oxygen atoms in total. The maximum absolute atomic E-state index is 13.8. The van der Waals surface area contributed by atoms with Crippen LogP contribution in [0.1, 0.15) is 12.3 Å². The lowest BCUT2D eigenvalue weighted by Gasteiger charge is -2.08. The van der Waals surface area contributed by atoms with E-state index in [0.717, 1.165) is 12.1 Å². The van der Waals surface area contributed by atoms with Gasteiger partial charge >= 0.3 is 0 Å². The van der Waals surface area contributed by atoms with E-state index in [1.54, 1.807) is 0 Å². The van der Waals surface area contributed by atoms with E-state index in [9.17, 15) is 13.6 Å². The molecule has 0 aliphatic rings. The molecule has 0 spiro atoms. The molecule has 1 N–H and O–H groups in total. The third-order valence-electron chi connectivity index (χ3n) is 3.61. The Labute approximate surface area is 168 Å². The summed E-state index contributed by atoms with van der Waals surface area (Å²) in [6, 6.07) is 6.35. The molecule has 0 saturated heterocycles. The van der Waals surface area contributed by atoms with E-state index >= 15 is 0 Å². The van der Waals surface area contributed by atoms with Crippen molar-refractivity contribution in [2.75, 3.05) is 5.32 Å². The molecular weight excluding hydrogens is 421 g/mol. The molecule has 0 unspecified atom stereocenters. The minimum Gasteiger partial charge on any atom is -0.441 e. The maximum Gasteiger partial charge on any atom is 0.224 e. The SMILES string of the molecule is O=C(CCc1ncc(-c2c(F)cccc2F)o1)Nc1cc(Cl)c(Cl)cc1Cl. The number of carbonyl (C=O) groups is 1. The number of carbonyl (C=O) groups excluding carboxylic acids is 1. The Balaban J connectivity index is 1.65. The van der Waals surface area contributed by atoms with Crippen molar-refractivity contribution in [3.63, 3.8) is 0 Å². The Bertz CT molecular complexity index is 988. The molecule has 9 heteroatoms. The van der Waals surface area contributed by atoms with Crippen LogP contribution in [0.3, 0.4) is 0 Å². The lowest BCUT2D eigenvalue weighted by molar-refractivity contribution is -0.116. The number of rotatable bonds is 5. The Morgan fingerprint density at radius 1 is 1.07 bits per heavy atom. The van der Waals surface area contributed by atoms with Gasteiger partial charge in [-0.1, -0.05) is 40.9 Å². The Morgan fingerprint density at radius 3 is 2.44 bits per heavy atom. The van der Waals surface area contributed by atoms with Crippen LogP contribution in [0, 0.1) is 11.6 Å². The zero-order valence-electron chi connectivity index (χ0n) is 13.5. The summed E-state index contributed by atoms with van der Waals surface area (Å²) in [7, 11) is 0. The molecule has 0 atom stereocenters. The molecule has 1 aromatic heterocycles. The fourth-order valence-electron chi connectivity index (χ4n) is 2.33. The first kappa shape index (κ1) is 19.6. The molecule has 140 valence electrons. The molecule has 1 amide bonds. The number of halogens is 5. The number of nitrogens with zero attached hydrogens (tertiary/aromatic N) is 1. The van der Waals surface area contributed by atoms with Crippen LogP contribution in [0.4, 0.5) is 14.5 Å². The minimum atomic E-state index is -0.760. The van der Waals surface area contributed by atoms with Crippen LogP contribution in [-0.2, 0) is 11.2 Å². The number of aromatic nitrogens is 1. The summed E-state index contributed by atoms with van der Waals surface area (Å²) in [5.41, 5.74) is 0.0147. The van der Waals surface area contributed by atoms with E-state index < -0.39 is 11.6 Å². The van der Waals surface area contributed by atoms with Gasteiger partial charge in [-0.25, -0.2) is 13.8 Å². The summed E-state index contributed by atoms with van der Waals surface area (Å²) in [6.07, 6.45) is 1.35. The first-order chi connectivity index (χ1) is 12.8. The number of amides is 1. The molecule has 3 aromatic rings. The predicted molar refractivity (Wildman–Crippen MR) is 100 cm³/mol. The van der Waals surface area contributed by atoms with Crippen LogP contribution in [0.2, 0.25) is 15.1 Å². The van der Waals surface area contributed by atoms with Crippen molar-refractivity contribution in [3.05, 3.63) is 69.1 Å². The molecule has 0 radical (unpaired) electrons. The number of aryl methyl sites for hydroxylation is 1. The fourth-order valence-corrected chi connectivity index (χ4v) is 2.92. The maximum atomic E-state index is 13.8. The van der Waals surface area contributed by atoms with Gasteiger partial charge in [-0.3, -0.25) is 4.79 Å². The van der Waals surface area contributed by atoms with Crippen LogP contribution >= 0.6 is 34.8 Å². The highest BCUT2D eigenvalue weighted by Gasteiger charge is 2.16. The Kier molecular flexibility index (Phi) is 5.99. The third kappa shape index (κ3) is 4.58. The molecular formula is C18H11Cl3F2N2O2. The standard InChI is InChI=1S/C18H11Cl3F2N2O2/c19-9-6-11(21)14(7-10(9)20)25-16(26)4-5-17-24-8-15(27-17)18-12(22)2-1-3-13(18)23/h1-3,6-8H,4-5H2,(H,25,26). The average molecular weight is 432 g/mol. The highest BCUT2D eigenvalue weighted by atomic mass is 35.5. The second-order valence-electron chi connectivity index (χ2n) is 5.51. The second kappa shape index (κ2) is 8.25. The highest BCUT2D eigenvalue weighted by molar-refractivity contribution is 6.44. The van der Waals surface area contributed by atoms with Gasteiger partial charge in [0.2, 0.25) is 5.91 Å². The molecule has 1 heterocycles. The highest BCUT2D eigenvalue weighted by Crippen LogP contribution is 2.32. The van der Waals surface area contributed by atoms with Crippen LogP contribution in [0.25, 0.3) is 11.3 Å². The molecule has 0 aliphatic carbocycles. The van der Waals surface area contributed by atoms with Crippen molar-refractivity contribution in [2.45, 2.75) is 12.8 Å². The minimum absolute atomic E-state index is 0.0102. The number of nitrogens with one attached hydrogen (secondary N) is 1. The largest absolute Gasteiger partial charge is 0.441 e. The second-order valence-corrected chi connectivity index (χ2v) is 6.73. The van der Waals surface area contributed by atoms with Gasteiger partial charge in [0.1, 0.15) is 11.6 Å². The number of hydrogen-bond donors (Lipinski definition) is 1. The summed E-state index contributed by atoms with van der Waals surface area (Å²) in [5.74, 6) is -1.77. The monoisotopic (exact) mass is 430 g/mol. The van der Waals surface area contributed by atoms with Crippen molar-refractivity contribution in [1.29, 1.82) is 0 Å². The van der Waals surface area contributed by atoms with Crippen molar-refractivity contribution in [3.8, 4) is 11.3 Å². The van der Waals surface area contributed by atoms with E-state index in [2.05, 4.69) is 10.3 Å². The molecule has 3 rings (SSSR count). The van der Waals surface area contributed by atoms with E-state index in [1.165, 1.54) is 24.4 Å². The number of benzene rings is 2. The van der Waals surface area contributed by atoms with E-state index in [4.69, 9.17) is 39.2 Å². The van der Waals surface area contributed by atoms with Gasteiger partial charge in [-0.2, -0.15) is 0 Å². The van der Waals surface area contributed by atoms with Crippen molar-refractivity contribution < 1.29 is 18.0 Å². The number of oxazole rings is 1. The Morgan fingerprint density at radius 2 is 1.74 bits per heavy atom. The summed E-state index contributed by atoms with van der Waals surface area (Å²) in [5, 5.41) is 3.36. The number of hydrogen-bond acceptors (Lipinski definition) is 3. The quantitative estimate of drug-likeness (QED) is 0.493. The lowest BCUT2D eigenvalue weighted by atomic mass is 10.1. The fraction of sp³-hybridized carbons (Fsp3) is 0.111. The normalized spacial score (nSPS) is 10.9. The smallest absolute Gasteiger partial charge is 0.224 e. The van der Waals surface area contributed by atoms with Crippen molar-refractivity contribution in [1.82, 2.24) is 4.98 Å². The van der Waals surface area contributed by atoms with Gasteiger partial charge in [0.15, 0.2) is 11.7 Å². The van der Waals surface area contributed by atoms with E-state index in [0.29, 0.717) is 5.69 Å². The third-order valence-corrected chi connectivity index (χ3v) is 4.65. The summed E-state index contributed by atoms with van der Waals surface area (Å²) in [6.45, 7) is 0. The van der Waals surface area contributed by atoms with Gasteiger partial charge in [0.05, 0.1) is 32.5 Å². The summed E-state index contributed by atoms with van der Waals surface area (Å²) < 4.78 is 32.9. The van der Waals surface area contributed by atoms with Gasteiger partial charge < -0.3 is 9.73 Å². The van der Waals surface area contributed by atoms with Crippen LogP contribution < -0.4 is 5.32 Å². The Hall–Kier alpha value is -2.15.